The van der Waals surface area contributed by atoms with Gasteiger partial charge < -0.3 is 10.1 Å². The van der Waals surface area contributed by atoms with E-state index in [1.807, 2.05) is 6.07 Å². The van der Waals surface area contributed by atoms with Gasteiger partial charge in [0.15, 0.2) is 0 Å². The average Bonchev–Trinajstić information content (AvgIpc) is 2.65. The molecule has 4 heteroatoms. The van der Waals surface area contributed by atoms with Gasteiger partial charge in [-0.05, 0) is 33.1 Å². The van der Waals surface area contributed by atoms with Crippen molar-refractivity contribution < 1.29 is 9.53 Å². The number of amides is 1. The zero-order chi connectivity index (χ0) is 11.5. The van der Waals surface area contributed by atoms with E-state index < -0.39 is 5.41 Å². The molecular formula is C11H18N2O2. The minimum Gasteiger partial charge on any atom is -0.381 e. The average molecular weight is 210 g/mol. The van der Waals surface area contributed by atoms with E-state index in [9.17, 15) is 4.79 Å². The lowest BCUT2D eigenvalue weighted by molar-refractivity contribution is -0.127. The summed E-state index contributed by atoms with van der Waals surface area (Å²) >= 11 is 0. The molecule has 0 bridgehead atoms. The van der Waals surface area contributed by atoms with Crippen LogP contribution < -0.4 is 5.32 Å². The Morgan fingerprint density at radius 1 is 1.53 bits per heavy atom. The van der Waals surface area contributed by atoms with Crippen LogP contribution in [0.5, 0.6) is 0 Å². The van der Waals surface area contributed by atoms with Gasteiger partial charge in [-0.25, -0.2) is 0 Å². The lowest BCUT2D eigenvalue weighted by Gasteiger charge is -2.19. The van der Waals surface area contributed by atoms with Crippen LogP contribution in [0.2, 0.25) is 0 Å². The van der Waals surface area contributed by atoms with E-state index in [1.54, 1.807) is 21.0 Å². The van der Waals surface area contributed by atoms with Gasteiger partial charge in [-0.2, -0.15) is 5.26 Å². The number of methoxy groups -OCH3 is 1. The second kappa shape index (κ2) is 4.63. The van der Waals surface area contributed by atoms with Crippen molar-refractivity contribution >= 4 is 5.91 Å². The van der Waals surface area contributed by atoms with Gasteiger partial charge in [-0.1, -0.05) is 0 Å². The van der Waals surface area contributed by atoms with Crippen molar-refractivity contribution in [2.75, 3.05) is 7.11 Å². The summed E-state index contributed by atoms with van der Waals surface area (Å²) in [6.45, 7) is 3.26. The van der Waals surface area contributed by atoms with Crippen molar-refractivity contribution in [1.82, 2.24) is 5.32 Å². The first-order valence-electron chi connectivity index (χ1n) is 5.24. The maximum Gasteiger partial charge on any atom is 0.240 e. The third-order valence-electron chi connectivity index (χ3n) is 2.90. The zero-order valence-electron chi connectivity index (χ0n) is 9.54. The van der Waals surface area contributed by atoms with E-state index >= 15 is 0 Å². The normalized spacial score (nSPS) is 26.0. The number of rotatable bonds is 3. The summed E-state index contributed by atoms with van der Waals surface area (Å²) in [7, 11) is 1.69. The van der Waals surface area contributed by atoms with Crippen molar-refractivity contribution in [3.8, 4) is 6.07 Å². The molecule has 1 aliphatic carbocycles. The van der Waals surface area contributed by atoms with E-state index in [-0.39, 0.29) is 18.1 Å². The second-order valence-electron chi connectivity index (χ2n) is 4.58. The van der Waals surface area contributed by atoms with Crippen molar-refractivity contribution in [2.24, 2.45) is 5.41 Å². The number of hydrogen-bond donors (Lipinski definition) is 1. The molecule has 0 radical (unpaired) electrons. The van der Waals surface area contributed by atoms with Gasteiger partial charge in [0.05, 0.1) is 12.2 Å². The molecular weight excluding hydrogens is 192 g/mol. The molecule has 84 valence electrons. The second-order valence-corrected chi connectivity index (χ2v) is 4.58. The molecule has 1 N–H and O–H groups in total. The van der Waals surface area contributed by atoms with Crippen molar-refractivity contribution in [3.63, 3.8) is 0 Å². The van der Waals surface area contributed by atoms with Crippen LogP contribution in [-0.4, -0.2) is 25.2 Å². The summed E-state index contributed by atoms with van der Waals surface area (Å²) < 4.78 is 5.22. The van der Waals surface area contributed by atoms with Gasteiger partial charge in [0.25, 0.3) is 0 Å². The van der Waals surface area contributed by atoms with Crippen molar-refractivity contribution in [1.29, 1.82) is 5.26 Å². The Hall–Kier alpha value is -1.08. The number of carbonyl (C=O) groups excluding carboxylic acids is 1. The van der Waals surface area contributed by atoms with Crippen LogP contribution in [0.3, 0.4) is 0 Å². The molecule has 1 saturated carbocycles. The van der Waals surface area contributed by atoms with Crippen LogP contribution >= 0.6 is 0 Å². The molecule has 0 aromatic carbocycles. The van der Waals surface area contributed by atoms with E-state index in [4.69, 9.17) is 10.00 Å². The van der Waals surface area contributed by atoms with E-state index in [2.05, 4.69) is 5.32 Å². The zero-order valence-corrected chi connectivity index (χ0v) is 9.54. The highest BCUT2D eigenvalue weighted by atomic mass is 16.5. The fourth-order valence-electron chi connectivity index (χ4n) is 1.70. The molecule has 4 nitrogen and oxygen atoms in total. The first-order chi connectivity index (χ1) is 6.99. The first-order valence-corrected chi connectivity index (χ1v) is 5.24. The third kappa shape index (κ3) is 2.93. The summed E-state index contributed by atoms with van der Waals surface area (Å²) in [6, 6.07) is 2.16. The van der Waals surface area contributed by atoms with Crippen LogP contribution in [0.15, 0.2) is 0 Å². The molecule has 0 aromatic heterocycles. The van der Waals surface area contributed by atoms with Gasteiger partial charge in [0.2, 0.25) is 5.91 Å². The highest BCUT2D eigenvalue weighted by Gasteiger charge is 2.32. The monoisotopic (exact) mass is 210 g/mol. The third-order valence-corrected chi connectivity index (χ3v) is 2.90. The summed E-state index contributed by atoms with van der Waals surface area (Å²) in [5.41, 5.74) is -0.939. The topological polar surface area (TPSA) is 62.1 Å². The minimum absolute atomic E-state index is 0.162. The minimum atomic E-state index is -0.939. The van der Waals surface area contributed by atoms with Crippen LogP contribution in [0.4, 0.5) is 0 Å². The smallest absolute Gasteiger partial charge is 0.240 e. The quantitative estimate of drug-likeness (QED) is 0.761. The van der Waals surface area contributed by atoms with Gasteiger partial charge in [-0.15, -0.1) is 0 Å². The Labute approximate surface area is 90.6 Å². The first kappa shape index (κ1) is 12.0. The Morgan fingerprint density at radius 2 is 2.20 bits per heavy atom. The Bertz CT molecular complexity index is 281. The SMILES string of the molecule is COC1CCC(NC(=O)C(C)(C)C#N)C1. The number of nitrogens with zero attached hydrogens (tertiary/aromatic N) is 1. The Morgan fingerprint density at radius 3 is 2.67 bits per heavy atom. The fraction of sp³-hybridized carbons (Fsp3) is 0.818. The summed E-state index contributed by atoms with van der Waals surface area (Å²) in [5, 5.41) is 11.7. The Balaban J connectivity index is 2.44. The molecule has 1 fully saturated rings. The molecule has 0 aromatic rings. The summed E-state index contributed by atoms with van der Waals surface area (Å²) in [6.07, 6.45) is 3.02. The van der Waals surface area contributed by atoms with Crippen LogP contribution in [-0.2, 0) is 9.53 Å². The molecule has 0 saturated heterocycles. The molecule has 1 amide bonds. The highest BCUT2D eigenvalue weighted by Crippen LogP contribution is 2.23. The largest absolute Gasteiger partial charge is 0.381 e. The molecule has 2 atom stereocenters. The molecule has 1 rings (SSSR count). The number of nitrogens with one attached hydrogen (secondary N) is 1. The summed E-state index contributed by atoms with van der Waals surface area (Å²) in [4.78, 5) is 11.7. The van der Waals surface area contributed by atoms with Gasteiger partial charge in [-0.3, -0.25) is 4.79 Å². The number of carbonyl (C=O) groups is 1. The van der Waals surface area contributed by atoms with Crippen LogP contribution in [0.25, 0.3) is 0 Å². The van der Waals surface area contributed by atoms with E-state index in [0.29, 0.717) is 0 Å². The highest BCUT2D eigenvalue weighted by molar-refractivity contribution is 5.84. The van der Waals surface area contributed by atoms with Gasteiger partial charge in [0.1, 0.15) is 5.41 Å². The van der Waals surface area contributed by atoms with Gasteiger partial charge >= 0.3 is 0 Å². The van der Waals surface area contributed by atoms with E-state index in [1.165, 1.54) is 0 Å². The lowest BCUT2D eigenvalue weighted by atomic mass is 9.94. The summed E-state index contributed by atoms with van der Waals surface area (Å²) in [5.74, 6) is -0.188. The molecule has 0 aliphatic heterocycles. The standard InChI is InChI=1S/C11H18N2O2/c1-11(2,7-12)10(14)13-8-4-5-9(6-8)15-3/h8-9H,4-6H2,1-3H3,(H,13,14). The van der Waals surface area contributed by atoms with Crippen LogP contribution in [0, 0.1) is 16.7 Å². The van der Waals surface area contributed by atoms with Crippen LogP contribution in [0.1, 0.15) is 33.1 Å². The predicted molar refractivity (Wildman–Crippen MR) is 56.0 cm³/mol. The maximum absolute atomic E-state index is 11.7. The molecule has 0 spiro atoms. The fourth-order valence-corrected chi connectivity index (χ4v) is 1.70. The number of hydrogen-bond acceptors (Lipinski definition) is 3. The van der Waals surface area contributed by atoms with Crippen molar-refractivity contribution in [2.45, 2.75) is 45.3 Å². The number of ether oxygens (including phenoxy) is 1. The van der Waals surface area contributed by atoms with Crippen molar-refractivity contribution in [3.05, 3.63) is 0 Å². The molecule has 15 heavy (non-hydrogen) atoms. The Kier molecular flexibility index (Phi) is 3.70. The van der Waals surface area contributed by atoms with E-state index in [0.717, 1.165) is 19.3 Å². The van der Waals surface area contributed by atoms with Gasteiger partial charge in [0, 0.05) is 13.2 Å². The number of nitriles is 1. The molecule has 2 unspecified atom stereocenters. The molecule has 1 aliphatic rings. The maximum atomic E-state index is 11.7. The predicted octanol–water partition coefficient (Wildman–Crippen LogP) is 1.22. The molecule has 0 heterocycles. The lowest BCUT2D eigenvalue weighted by Crippen LogP contribution is -2.41.